The molecule has 2 aromatic heterocycles. The van der Waals surface area contributed by atoms with Gasteiger partial charge in [0.15, 0.2) is 5.69 Å². The largest absolute Gasteiger partial charge is 0.460 e. The van der Waals surface area contributed by atoms with Gasteiger partial charge < -0.3 is 9.32 Å². The molecule has 0 saturated heterocycles. The number of rotatable bonds is 4. The zero-order chi connectivity index (χ0) is 24.3. The summed E-state index contributed by atoms with van der Waals surface area (Å²) in [6.45, 7) is 1.92. The number of nitrogens with zero attached hydrogens (tertiary/aromatic N) is 3. The molecular formula is C22H20ClN3O7. The molecule has 2 heterocycles. The second kappa shape index (κ2) is 9.53. The Morgan fingerprint density at radius 1 is 1.00 bits per heavy atom. The molecule has 0 aliphatic rings. The Balaban J connectivity index is 0.000000555. The second-order valence-corrected chi connectivity index (χ2v) is 8.01. The zero-order valence-electron chi connectivity index (χ0n) is 17.9. The summed E-state index contributed by atoms with van der Waals surface area (Å²) in [5.74, 6) is 0. The van der Waals surface area contributed by atoms with E-state index in [4.69, 9.17) is 23.1 Å². The molecule has 0 aliphatic heterocycles. The summed E-state index contributed by atoms with van der Waals surface area (Å²) in [6, 6.07) is 17.3. The topological polar surface area (TPSA) is 156 Å². The first-order valence-corrected chi connectivity index (χ1v) is 10.8. The Morgan fingerprint density at radius 2 is 1.61 bits per heavy atom. The maximum absolute atomic E-state index is 11.8. The van der Waals surface area contributed by atoms with Crippen molar-refractivity contribution in [2.45, 2.75) is 6.92 Å². The van der Waals surface area contributed by atoms with Crippen LogP contribution in [0.4, 0.5) is 11.4 Å². The van der Waals surface area contributed by atoms with Crippen molar-refractivity contribution >= 4 is 40.3 Å². The minimum Gasteiger partial charge on any atom is -0.393 e. The van der Waals surface area contributed by atoms with E-state index in [2.05, 4.69) is 0 Å². The fourth-order valence-electron chi connectivity index (χ4n) is 3.35. The molecular weight excluding hydrogens is 454 g/mol. The number of para-hydroxylation sites is 2. The van der Waals surface area contributed by atoms with Crippen LogP contribution in [-0.2, 0) is 0 Å². The number of aromatic nitrogens is 1. The molecule has 0 aliphatic carbocycles. The first-order chi connectivity index (χ1) is 15.5. The summed E-state index contributed by atoms with van der Waals surface area (Å²) < 4.78 is 41.6. The second-order valence-electron chi connectivity index (χ2n) is 7.25. The number of nitro groups is 1. The van der Waals surface area contributed by atoms with Crippen LogP contribution in [0.1, 0.15) is 16.8 Å². The highest BCUT2D eigenvalue weighted by atomic mass is 35.7. The third-order valence-corrected chi connectivity index (χ3v) is 4.76. The highest BCUT2D eigenvalue weighted by molar-refractivity contribution is 5.80. The van der Waals surface area contributed by atoms with Gasteiger partial charge in [0.2, 0.25) is 5.58 Å². The smallest absolute Gasteiger partial charge is 0.393 e. The Kier molecular flexibility index (Phi) is 6.96. The highest BCUT2D eigenvalue weighted by Gasteiger charge is 2.32. The monoisotopic (exact) mass is 473 g/mol. The lowest BCUT2D eigenvalue weighted by Gasteiger charge is -2.17. The fraction of sp³-hybridized carbons (Fsp3) is 0.136. The van der Waals surface area contributed by atoms with Crippen molar-refractivity contribution < 1.29 is 42.6 Å². The normalized spacial score (nSPS) is 11.6. The molecule has 11 heteroatoms. The predicted octanol–water partition coefficient (Wildman–Crippen LogP) is -0.131. The van der Waals surface area contributed by atoms with E-state index in [1.165, 1.54) is 0 Å². The number of anilines is 1. The van der Waals surface area contributed by atoms with Crippen LogP contribution in [0.2, 0.25) is 0 Å². The number of oxazole rings is 1. The predicted molar refractivity (Wildman–Crippen MR) is 110 cm³/mol. The molecule has 4 aromatic rings. The van der Waals surface area contributed by atoms with E-state index in [-0.39, 0.29) is 16.3 Å². The molecule has 10 nitrogen and oxygen atoms in total. The summed E-state index contributed by atoms with van der Waals surface area (Å²) in [4.78, 5) is 13.5. The number of halogens is 1. The molecule has 33 heavy (non-hydrogen) atoms. The third-order valence-electron chi connectivity index (χ3n) is 4.76. The van der Waals surface area contributed by atoms with Gasteiger partial charge in [0.25, 0.3) is 5.52 Å². The van der Waals surface area contributed by atoms with Crippen LogP contribution in [0.25, 0.3) is 29.0 Å². The van der Waals surface area contributed by atoms with Gasteiger partial charge in [-0.05, 0) is 29.8 Å². The summed E-state index contributed by atoms with van der Waals surface area (Å²) in [5.41, 5.74) is 5.08. The lowest BCUT2D eigenvalue weighted by molar-refractivity contribution is -2.00. The van der Waals surface area contributed by atoms with Crippen LogP contribution in [0.15, 0.2) is 59.0 Å². The van der Waals surface area contributed by atoms with E-state index in [9.17, 15) is 10.1 Å². The van der Waals surface area contributed by atoms with Crippen molar-refractivity contribution in [2.75, 3.05) is 19.0 Å². The Bertz CT molecular complexity index is 1320. The molecule has 0 N–H and O–H groups in total. The summed E-state index contributed by atoms with van der Waals surface area (Å²) in [5, 5.41) is 11.8. The SMILES string of the molecule is Cc1cc(/C=C/c2ccc(N(C)C)cc2)c([N+](=O)[O-])c2oc3ccccc3[n+]12.[O-][Cl+3]([O-])([O-])[O-]. The average Bonchev–Trinajstić information content (AvgIpc) is 3.10. The summed E-state index contributed by atoms with van der Waals surface area (Å²) in [6.07, 6.45) is 3.64. The number of aryl methyl sites for hydroxylation is 1. The average molecular weight is 474 g/mol. The molecule has 0 unspecified atom stereocenters. The van der Waals surface area contributed by atoms with Crippen molar-refractivity contribution in [3.63, 3.8) is 0 Å². The first-order valence-electron chi connectivity index (χ1n) is 9.54. The molecule has 0 spiro atoms. The van der Waals surface area contributed by atoms with E-state index in [0.29, 0.717) is 11.1 Å². The fourth-order valence-corrected chi connectivity index (χ4v) is 3.35. The molecule has 0 saturated carbocycles. The van der Waals surface area contributed by atoms with Crippen LogP contribution in [-0.4, -0.2) is 19.0 Å². The van der Waals surface area contributed by atoms with E-state index in [0.717, 1.165) is 22.5 Å². The minimum atomic E-state index is -4.94. The van der Waals surface area contributed by atoms with Gasteiger partial charge in [0.05, 0.1) is 10.5 Å². The van der Waals surface area contributed by atoms with Crippen LogP contribution < -0.4 is 27.9 Å². The van der Waals surface area contributed by atoms with Gasteiger partial charge in [-0.25, -0.2) is 18.6 Å². The Labute approximate surface area is 190 Å². The van der Waals surface area contributed by atoms with Crippen LogP contribution in [0.3, 0.4) is 0 Å². The highest BCUT2D eigenvalue weighted by Crippen LogP contribution is 2.29. The van der Waals surface area contributed by atoms with E-state index in [1.54, 1.807) is 10.5 Å². The summed E-state index contributed by atoms with van der Waals surface area (Å²) >= 11 is 0. The molecule has 0 radical (unpaired) electrons. The van der Waals surface area contributed by atoms with Crippen molar-refractivity contribution in [1.82, 2.24) is 0 Å². The van der Waals surface area contributed by atoms with Crippen LogP contribution in [0, 0.1) is 27.3 Å². The minimum absolute atomic E-state index is 0.0389. The standard InChI is InChI=1S/C22H20N3O3.ClHO4/c1-15-14-17(11-8-16-9-12-18(13-10-16)23(2)3)21(25(26)27)22-24(15)19-6-4-5-7-20(19)28-22;2-1(3,4)5/h4-14H,1-3H3;(H,2,3,4,5)/q+1;/p-1. The maximum atomic E-state index is 11.8. The van der Waals surface area contributed by atoms with E-state index < -0.39 is 10.2 Å². The van der Waals surface area contributed by atoms with E-state index in [1.807, 2.05) is 86.6 Å². The molecule has 0 bridgehead atoms. The Hall–Kier alpha value is -3.54. The molecule has 4 rings (SSSR count). The number of pyridine rings is 1. The molecule has 2 aromatic carbocycles. The van der Waals surface area contributed by atoms with Crippen LogP contribution >= 0.6 is 0 Å². The quantitative estimate of drug-likeness (QED) is 0.225. The van der Waals surface area contributed by atoms with Crippen molar-refractivity contribution in [3.8, 4) is 0 Å². The van der Waals surface area contributed by atoms with Crippen LogP contribution in [0.5, 0.6) is 0 Å². The first kappa shape index (κ1) is 24.1. The molecule has 172 valence electrons. The molecule has 0 amide bonds. The maximum Gasteiger partial charge on any atom is 0.460 e. The van der Waals surface area contributed by atoms with Gasteiger partial charge >= 0.3 is 11.4 Å². The van der Waals surface area contributed by atoms with Gasteiger partial charge in [-0.15, -0.1) is 14.6 Å². The third kappa shape index (κ3) is 5.83. The van der Waals surface area contributed by atoms with Gasteiger partial charge in [0.1, 0.15) is 0 Å². The number of benzene rings is 2. The number of hydrogen-bond donors (Lipinski definition) is 0. The number of hydrogen-bond acceptors (Lipinski definition) is 8. The summed E-state index contributed by atoms with van der Waals surface area (Å²) in [7, 11) is -0.978. The van der Waals surface area contributed by atoms with Crippen molar-refractivity contribution in [2.24, 2.45) is 0 Å². The van der Waals surface area contributed by atoms with Gasteiger partial charge in [0, 0.05) is 38.8 Å². The zero-order valence-corrected chi connectivity index (χ0v) is 18.7. The van der Waals surface area contributed by atoms with Gasteiger partial charge in [-0.1, -0.05) is 30.3 Å². The van der Waals surface area contributed by atoms with E-state index >= 15 is 0 Å². The van der Waals surface area contributed by atoms with Crippen molar-refractivity contribution in [3.05, 3.63) is 81.5 Å². The van der Waals surface area contributed by atoms with Gasteiger partial charge in [-0.3, -0.25) is 10.1 Å². The lowest BCUT2D eigenvalue weighted by atomic mass is 10.1. The molecule has 0 atom stereocenters. The number of fused-ring (bicyclic) bond motifs is 3. The lowest BCUT2D eigenvalue weighted by Crippen LogP contribution is -2.68. The molecule has 0 fully saturated rings. The Morgan fingerprint density at radius 3 is 2.18 bits per heavy atom. The van der Waals surface area contributed by atoms with Gasteiger partial charge in [-0.2, -0.15) is 0 Å². The van der Waals surface area contributed by atoms with Crippen molar-refractivity contribution in [1.29, 1.82) is 0 Å².